The van der Waals surface area contributed by atoms with Crippen LogP contribution in [0.15, 0.2) is 22.7 Å². The molecule has 0 aliphatic carbocycles. The normalized spacial score (nSPS) is 11.6. The maximum absolute atomic E-state index is 11.5. The zero-order valence-corrected chi connectivity index (χ0v) is 11.6. The van der Waals surface area contributed by atoms with Crippen molar-refractivity contribution in [1.82, 2.24) is 4.31 Å². The van der Waals surface area contributed by atoms with E-state index in [-0.39, 0.29) is 0 Å². The third-order valence-electron chi connectivity index (χ3n) is 1.88. The van der Waals surface area contributed by atoms with E-state index in [4.69, 9.17) is 4.74 Å². The first-order valence-electron chi connectivity index (χ1n) is 4.40. The predicted octanol–water partition coefficient (Wildman–Crippen LogP) is 1.68. The van der Waals surface area contributed by atoms with Crippen molar-refractivity contribution in [2.24, 2.45) is 0 Å². The van der Waals surface area contributed by atoms with E-state index in [9.17, 15) is 8.42 Å². The van der Waals surface area contributed by atoms with Gasteiger partial charge in [-0.15, -0.1) is 0 Å². The van der Waals surface area contributed by atoms with Gasteiger partial charge in [-0.3, -0.25) is 4.72 Å². The SMILES string of the molecule is COc1cc(NS(=O)(=O)N(C)C)ccc1Br. The van der Waals surface area contributed by atoms with E-state index >= 15 is 0 Å². The Morgan fingerprint density at radius 1 is 1.38 bits per heavy atom. The van der Waals surface area contributed by atoms with Crippen LogP contribution in [0.4, 0.5) is 5.69 Å². The summed E-state index contributed by atoms with van der Waals surface area (Å²) >= 11 is 3.29. The van der Waals surface area contributed by atoms with Gasteiger partial charge in [0.05, 0.1) is 17.3 Å². The van der Waals surface area contributed by atoms with Crippen LogP contribution in [0.2, 0.25) is 0 Å². The Kier molecular flexibility index (Phi) is 4.17. The van der Waals surface area contributed by atoms with Gasteiger partial charge in [0, 0.05) is 20.2 Å². The molecule has 0 saturated heterocycles. The number of benzene rings is 1. The molecule has 1 aromatic carbocycles. The maximum Gasteiger partial charge on any atom is 0.301 e. The molecule has 0 aliphatic heterocycles. The second kappa shape index (κ2) is 5.03. The van der Waals surface area contributed by atoms with E-state index < -0.39 is 10.2 Å². The highest BCUT2D eigenvalue weighted by Gasteiger charge is 2.13. The standard InChI is InChI=1S/C9H13BrN2O3S/c1-12(2)16(13,14)11-7-4-5-8(10)9(6-7)15-3/h4-6,11H,1-3H3. The van der Waals surface area contributed by atoms with Crippen LogP contribution in [-0.2, 0) is 10.2 Å². The van der Waals surface area contributed by atoms with Crippen LogP contribution >= 0.6 is 15.9 Å². The van der Waals surface area contributed by atoms with Crippen LogP contribution in [0.1, 0.15) is 0 Å². The Morgan fingerprint density at radius 3 is 2.50 bits per heavy atom. The van der Waals surface area contributed by atoms with Gasteiger partial charge >= 0.3 is 10.2 Å². The molecular weight excluding hydrogens is 296 g/mol. The number of nitrogens with zero attached hydrogens (tertiary/aromatic N) is 1. The fourth-order valence-electron chi connectivity index (χ4n) is 0.963. The molecular formula is C9H13BrN2O3S. The number of hydrogen-bond acceptors (Lipinski definition) is 3. The van der Waals surface area contributed by atoms with Gasteiger partial charge in [0.1, 0.15) is 5.75 Å². The van der Waals surface area contributed by atoms with Crippen molar-refractivity contribution in [1.29, 1.82) is 0 Å². The Bertz CT molecular complexity index is 474. The number of hydrogen-bond donors (Lipinski definition) is 1. The van der Waals surface area contributed by atoms with E-state index in [2.05, 4.69) is 20.7 Å². The molecule has 16 heavy (non-hydrogen) atoms. The average molecular weight is 309 g/mol. The smallest absolute Gasteiger partial charge is 0.301 e. The summed E-state index contributed by atoms with van der Waals surface area (Å²) in [6, 6.07) is 4.96. The lowest BCUT2D eigenvalue weighted by Crippen LogP contribution is -2.28. The van der Waals surface area contributed by atoms with E-state index in [1.54, 1.807) is 18.2 Å². The van der Waals surface area contributed by atoms with Gasteiger partial charge in [-0.2, -0.15) is 12.7 Å². The van der Waals surface area contributed by atoms with Crippen molar-refractivity contribution in [3.8, 4) is 5.75 Å². The topological polar surface area (TPSA) is 58.6 Å². The highest BCUT2D eigenvalue weighted by atomic mass is 79.9. The summed E-state index contributed by atoms with van der Waals surface area (Å²) in [5.74, 6) is 0.568. The minimum Gasteiger partial charge on any atom is -0.495 e. The Balaban J connectivity index is 2.99. The maximum atomic E-state index is 11.5. The fraction of sp³-hybridized carbons (Fsp3) is 0.333. The number of methoxy groups -OCH3 is 1. The average Bonchev–Trinajstić information content (AvgIpc) is 2.20. The summed E-state index contributed by atoms with van der Waals surface area (Å²) in [5, 5.41) is 0. The molecule has 1 rings (SSSR count). The summed E-state index contributed by atoms with van der Waals surface area (Å²) in [4.78, 5) is 0. The van der Waals surface area contributed by atoms with Crippen LogP contribution in [0.5, 0.6) is 5.75 Å². The molecule has 0 spiro atoms. The lowest BCUT2D eigenvalue weighted by Gasteiger charge is -2.14. The lowest BCUT2D eigenvalue weighted by atomic mass is 10.3. The number of ether oxygens (including phenoxy) is 1. The molecule has 0 aliphatic rings. The number of nitrogens with one attached hydrogen (secondary N) is 1. The fourth-order valence-corrected chi connectivity index (χ4v) is 1.98. The Hall–Kier alpha value is -0.790. The zero-order valence-electron chi connectivity index (χ0n) is 9.19. The van der Waals surface area contributed by atoms with Gasteiger partial charge in [0.15, 0.2) is 0 Å². The molecule has 90 valence electrons. The highest BCUT2D eigenvalue weighted by molar-refractivity contribution is 9.10. The van der Waals surface area contributed by atoms with Gasteiger partial charge in [0.2, 0.25) is 0 Å². The minimum atomic E-state index is -3.48. The van der Waals surface area contributed by atoms with E-state index in [1.807, 2.05) is 0 Å². The molecule has 7 heteroatoms. The van der Waals surface area contributed by atoms with Gasteiger partial charge in [0.25, 0.3) is 0 Å². The first-order chi connectivity index (χ1) is 7.36. The zero-order chi connectivity index (χ0) is 12.3. The third kappa shape index (κ3) is 3.10. The number of anilines is 1. The van der Waals surface area contributed by atoms with Crippen LogP contribution in [-0.4, -0.2) is 33.9 Å². The quantitative estimate of drug-likeness (QED) is 0.920. The van der Waals surface area contributed by atoms with Crippen LogP contribution < -0.4 is 9.46 Å². The highest BCUT2D eigenvalue weighted by Crippen LogP contribution is 2.28. The first-order valence-corrected chi connectivity index (χ1v) is 6.64. The third-order valence-corrected chi connectivity index (χ3v) is 3.99. The second-order valence-electron chi connectivity index (χ2n) is 3.24. The summed E-state index contributed by atoms with van der Waals surface area (Å²) < 4.78 is 32.4. The van der Waals surface area contributed by atoms with Crippen molar-refractivity contribution in [2.75, 3.05) is 25.9 Å². The van der Waals surface area contributed by atoms with Crippen LogP contribution in [0.25, 0.3) is 0 Å². The Labute approximate surface area is 104 Å². The monoisotopic (exact) mass is 308 g/mol. The molecule has 0 fully saturated rings. The molecule has 1 N–H and O–H groups in total. The molecule has 0 atom stereocenters. The molecule has 0 amide bonds. The van der Waals surface area contributed by atoms with E-state index in [0.717, 1.165) is 8.78 Å². The van der Waals surface area contributed by atoms with Gasteiger partial charge in [-0.1, -0.05) is 0 Å². The van der Waals surface area contributed by atoms with Crippen LogP contribution in [0.3, 0.4) is 0 Å². The predicted molar refractivity (Wildman–Crippen MR) is 66.9 cm³/mol. The second-order valence-corrected chi connectivity index (χ2v) is 5.98. The molecule has 0 radical (unpaired) electrons. The van der Waals surface area contributed by atoms with Gasteiger partial charge < -0.3 is 4.74 Å². The number of rotatable bonds is 4. The van der Waals surface area contributed by atoms with Crippen molar-refractivity contribution in [3.05, 3.63) is 22.7 Å². The molecule has 0 saturated carbocycles. The van der Waals surface area contributed by atoms with Crippen molar-refractivity contribution < 1.29 is 13.2 Å². The van der Waals surface area contributed by atoms with Gasteiger partial charge in [-0.25, -0.2) is 0 Å². The molecule has 5 nitrogen and oxygen atoms in total. The molecule has 0 bridgehead atoms. The summed E-state index contributed by atoms with van der Waals surface area (Å²) in [6.45, 7) is 0. The molecule has 0 heterocycles. The van der Waals surface area contributed by atoms with Crippen molar-refractivity contribution >= 4 is 31.8 Å². The lowest BCUT2D eigenvalue weighted by molar-refractivity contribution is 0.412. The minimum absolute atomic E-state index is 0.453. The largest absolute Gasteiger partial charge is 0.495 e. The first kappa shape index (κ1) is 13.3. The van der Waals surface area contributed by atoms with Crippen LogP contribution in [0, 0.1) is 0 Å². The van der Waals surface area contributed by atoms with E-state index in [0.29, 0.717) is 11.4 Å². The summed E-state index contributed by atoms with van der Waals surface area (Å²) in [7, 11) is 0.955. The summed E-state index contributed by atoms with van der Waals surface area (Å²) in [5.41, 5.74) is 0.453. The van der Waals surface area contributed by atoms with Gasteiger partial charge in [-0.05, 0) is 28.1 Å². The molecule has 0 unspecified atom stereocenters. The van der Waals surface area contributed by atoms with Crippen molar-refractivity contribution in [2.45, 2.75) is 0 Å². The van der Waals surface area contributed by atoms with E-state index in [1.165, 1.54) is 21.2 Å². The van der Waals surface area contributed by atoms with Crippen molar-refractivity contribution in [3.63, 3.8) is 0 Å². The molecule has 1 aromatic rings. The summed E-state index contributed by atoms with van der Waals surface area (Å²) in [6.07, 6.45) is 0. The number of halogens is 1. The Morgan fingerprint density at radius 2 is 2.00 bits per heavy atom. The molecule has 0 aromatic heterocycles.